The number of allylic oxidation sites excluding steroid dienone is 10. The number of fused-ring (bicyclic) bond motifs is 7. The van der Waals surface area contributed by atoms with Gasteiger partial charge in [0.2, 0.25) is 0 Å². The van der Waals surface area contributed by atoms with Crippen LogP contribution in [0, 0.1) is 23.2 Å². The lowest BCUT2D eigenvalue weighted by Gasteiger charge is -2.45. The van der Waals surface area contributed by atoms with Gasteiger partial charge in [-0.2, -0.15) is 0 Å². The molecule has 1 aromatic heterocycles. The highest BCUT2D eigenvalue weighted by Crippen LogP contribution is 2.54. The van der Waals surface area contributed by atoms with Crippen LogP contribution in [0.25, 0.3) is 32.9 Å². The summed E-state index contributed by atoms with van der Waals surface area (Å²) in [5.74, 6) is 3.31. The summed E-state index contributed by atoms with van der Waals surface area (Å²) in [5.41, 5.74) is 8.95. The molecule has 2 N–H and O–H groups in total. The predicted octanol–water partition coefficient (Wildman–Crippen LogP) is 11.6. The first kappa shape index (κ1) is 35.0. The summed E-state index contributed by atoms with van der Waals surface area (Å²) in [6.45, 7) is 2.41. The fourth-order valence-electron chi connectivity index (χ4n) is 11.3. The topological polar surface area (TPSA) is 50.6 Å². The minimum atomic E-state index is -0.238. The zero-order chi connectivity index (χ0) is 38.4. The Morgan fingerprint density at radius 2 is 1.66 bits per heavy atom. The summed E-state index contributed by atoms with van der Waals surface area (Å²) < 4.78 is 9.89. The number of ether oxygens (including phenoxy) is 1. The first-order chi connectivity index (χ1) is 28.6. The van der Waals surface area contributed by atoms with Gasteiger partial charge in [-0.25, -0.2) is 0 Å². The maximum absolute atomic E-state index is 7.32. The van der Waals surface area contributed by atoms with Crippen molar-refractivity contribution >= 4 is 39.4 Å². The van der Waals surface area contributed by atoms with Crippen LogP contribution in [0.2, 0.25) is 0 Å². The highest BCUT2D eigenvalue weighted by atomic mass is 32.2. The number of aromatic nitrogens is 1. The lowest BCUT2D eigenvalue weighted by Crippen LogP contribution is -2.61. The van der Waals surface area contributed by atoms with Crippen molar-refractivity contribution in [1.29, 1.82) is 0 Å². The second-order valence-corrected chi connectivity index (χ2v) is 19.0. The maximum atomic E-state index is 7.32. The van der Waals surface area contributed by atoms with Gasteiger partial charge >= 0.3 is 0 Å². The van der Waals surface area contributed by atoms with Gasteiger partial charge < -0.3 is 14.6 Å². The van der Waals surface area contributed by atoms with E-state index in [1.165, 1.54) is 62.5 Å². The van der Waals surface area contributed by atoms with E-state index in [4.69, 9.17) is 9.73 Å². The number of rotatable bonds is 5. The molecular formula is C52H50N4OS. The third-order valence-corrected chi connectivity index (χ3v) is 15.8. The lowest BCUT2D eigenvalue weighted by molar-refractivity contribution is 0.0527. The van der Waals surface area contributed by atoms with Crippen molar-refractivity contribution in [2.75, 3.05) is 0 Å². The number of hydrogen-bond acceptors (Lipinski definition) is 5. The van der Waals surface area contributed by atoms with Gasteiger partial charge in [0.05, 0.1) is 17.5 Å². The first-order valence-corrected chi connectivity index (χ1v) is 22.5. The molecule has 8 aliphatic rings. The molecule has 9 unspecified atom stereocenters. The Morgan fingerprint density at radius 3 is 2.57 bits per heavy atom. The predicted molar refractivity (Wildman–Crippen MR) is 240 cm³/mol. The highest BCUT2D eigenvalue weighted by Gasteiger charge is 2.49. The average Bonchev–Trinajstić information content (AvgIpc) is 3.96. The van der Waals surface area contributed by atoms with Gasteiger partial charge in [-0.15, -0.1) is 11.8 Å². The summed E-state index contributed by atoms with van der Waals surface area (Å²) in [6, 6.07) is 26.7. The molecule has 0 fully saturated rings. The average molecular weight is 779 g/mol. The number of para-hydroxylation sites is 1. The van der Waals surface area contributed by atoms with Crippen molar-refractivity contribution in [2.24, 2.45) is 28.2 Å². The van der Waals surface area contributed by atoms with E-state index in [-0.39, 0.29) is 41.7 Å². The van der Waals surface area contributed by atoms with E-state index in [2.05, 4.69) is 174 Å². The van der Waals surface area contributed by atoms with Crippen molar-refractivity contribution in [3.05, 3.63) is 167 Å². The van der Waals surface area contributed by atoms with Crippen LogP contribution in [0.1, 0.15) is 57.9 Å². The molecule has 3 aromatic carbocycles. The van der Waals surface area contributed by atoms with Crippen molar-refractivity contribution in [3.8, 4) is 11.1 Å². The van der Waals surface area contributed by atoms with Gasteiger partial charge in [0.1, 0.15) is 30.0 Å². The van der Waals surface area contributed by atoms with Gasteiger partial charge in [-0.05, 0) is 84.3 Å². The van der Waals surface area contributed by atoms with E-state index in [1.54, 1.807) is 4.91 Å². The van der Waals surface area contributed by atoms with Crippen LogP contribution in [0.3, 0.4) is 0 Å². The summed E-state index contributed by atoms with van der Waals surface area (Å²) in [6.07, 6.45) is 33.8. The summed E-state index contributed by atoms with van der Waals surface area (Å²) in [7, 11) is 0. The quantitative estimate of drug-likeness (QED) is 0.198. The maximum Gasteiger partial charge on any atom is 0.123 e. The van der Waals surface area contributed by atoms with Crippen LogP contribution < -0.4 is 10.6 Å². The fraction of sp³-hybridized carbons (Fsp3) is 0.327. The van der Waals surface area contributed by atoms with E-state index >= 15 is 0 Å². The second-order valence-electron chi connectivity index (χ2n) is 17.8. The second kappa shape index (κ2) is 13.8. The molecule has 0 spiro atoms. The highest BCUT2D eigenvalue weighted by molar-refractivity contribution is 8.04. The summed E-state index contributed by atoms with van der Waals surface area (Å²) in [4.78, 5) is 7.23. The molecule has 0 bridgehead atoms. The molecule has 0 saturated carbocycles. The Kier molecular flexibility index (Phi) is 8.30. The number of amidine groups is 1. The normalized spacial score (nSPS) is 33.4. The Labute approximate surface area is 345 Å². The van der Waals surface area contributed by atoms with Crippen LogP contribution in [0.15, 0.2) is 172 Å². The Balaban J connectivity index is 0.881. The molecule has 4 aromatic rings. The van der Waals surface area contributed by atoms with E-state index in [1.807, 2.05) is 0 Å². The Bertz CT molecular complexity index is 2630. The van der Waals surface area contributed by atoms with E-state index in [0.717, 1.165) is 43.7 Å². The smallest absolute Gasteiger partial charge is 0.123 e. The third-order valence-electron chi connectivity index (χ3n) is 14.2. The van der Waals surface area contributed by atoms with Crippen molar-refractivity contribution in [2.45, 2.75) is 81.6 Å². The molecule has 58 heavy (non-hydrogen) atoms. The zero-order valence-electron chi connectivity index (χ0n) is 33.1. The molecule has 6 heteroatoms. The summed E-state index contributed by atoms with van der Waals surface area (Å²) >= 11 is 2.14. The number of nitrogens with one attached hydrogen (secondary N) is 2. The molecule has 9 atom stereocenters. The molecule has 0 radical (unpaired) electrons. The van der Waals surface area contributed by atoms with Gasteiger partial charge in [0.25, 0.3) is 0 Å². The number of hydrogen-bond donors (Lipinski definition) is 2. The number of thioether (sulfide) groups is 1. The van der Waals surface area contributed by atoms with Gasteiger partial charge in [0.15, 0.2) is 0 Å². The SMILES string of the molecule is CC1(C2N=C(C3CC=CC4=C3SC3CCC=CC43)NC(C3=CCCC=C3)N2)C=CC2C3=C(OC2C1)C(n1c2ccccc2c2ccc(-c4ccccc4)cc21)CC=C3. The molecule has 3 aliphatic heterocycles. The minimum absolute atomic E-state index is 0.0137. The number of nitrogens with zero attached hydrogens (tertiary/aromatic N) is 2. The lowest BCUT2D eigenvalue weighted by atomic mass is 9.71. The van der Waals surface area contributed by atoms with Crippen molar-refractivity contribution in [1.82, 2.24) is 15.2 Å². The molecule has 0 saturated heterocycles. The van der Waals surface area contributed by atoms with Crippen molar-refractivity contribution in [3.63, 3.8) is 0 Å². The standard InChI is InChI=1S/C52H50N4OS/c1-52(51-54-49(33-16-6-3-7-17-33)53-50(55-51)41-22-12-21-40-38-19-9-11-25-46(38)58-48(40)41)29-28-37-39-20-13-24-43(47(39)57-45(37)31-52)56-42-23-10-8-18-35(42)36-27-26-34(30-44(36)56)32-14-4-2-5-15-32/h2,4-6,8-10,12-21,23,26-30,37-38,41,43,45-46,49,51,54H,3,7,11,22,24-25,31H2,1H3,(H,53,55). The monoisotopic (exact) mass is 778 g/mol. The van der Waals surface area contributed by atoms with Crippen molar-refractivity contribution < 1.29 is 4.74 Å². The zero-order valence-corrected chi connectivity index (χ0v) is 33.9. The molecule has 0 amide bonds. The third kappa shape index (κ3) is 5.58. The first-order valence-electron chi connectivity index (χ1n) is 21.7. The van der Waals surface area contributed by atoms with E-state index < -0.39 is 0 Å². The van der Waals surface area contributed by atoms with E-state index in [0.29, 0.717) is 11.2 Å². The van der Waals surface area contributed by atoms with Gasteiger partial charge in [0, 0.05) is 44.4 Å². The van der Waals surface area contributed by atoms with E-state index in [9.17, 15) is 0 Å². The molecule has 5 aliphatic carbocycles. The number of aliphatic imine (C=N–C) groups is 1. The van der Waals surface area contributed by atoms with Gasteiger partial charge in [-0.1, -0.05) is 134 Å². The van der Waals surface area contributed by atoms with Crippen LogP contribution >= 0.6 is 11.8 Å². The number of benzene rings is 3. The van der Waals surface area contributed by atoms with Crippen LogP contribution in [-0.2, 0) is 4.74 Å². The summed E-state index contributed by atoms with van der Waals surface area (Å²) in [5, 5.41) is 11.2. The van der Waals surface area contributed by atoms with Crippen LogP contribution in [0.4, 0.5) is 0 Å². The Morgan fingerprint density at radius 1 is 0.793 bits per heavy atom. The van der Waals surface area contributed by atoms with Crippen LogP contribution in [-0.4, -0.2) is 34.1 Å². The molecule has 4 heterocycles. The molecular weight excluding hydrogens is 729 g/mol. The molecule has 290 valence electrons. The minimum Gasteiger partial charge on any atom is -0.491 e. The van der Waals surface area contributed by atoms with Crippen LogP contribution in [0.5, 0.6) is 0 Å². The Hall–Kier alpha value is -5.04. The molecule has 12 rings (SSSR count). The molecule has 5 nitrogen and oxygen atoms in total. The fourth-order valence-corrected chi connectivity index (χ4v) is 12.9. The largest absolute Gasteiger partial charge is 0.491 e. The van der Waals surface area contributed by atoms with Gasteiger partial charge in [-0.3, -0.25) is 10.3 Å².